The summed E-state index contributed by atoms with van der Waals surface area (Å²) in [6.45, 7) is 4.18. The minimum atomic E-state index is -0.139. The number of fused-ring (bicyclic) bond motifs is 2. The van der Waals surface area contributed by atoms with Gasteiger partial charge in [-0.05, 0) is 72.8 Å². The molecule has 1 saturated heterocycles. The number of carbonyl (C=O) groups excluding carboxylic acids is 1. The third-order valence-corrected chi connectivity index (χ3v) is 8.77. The van der Waals surface area contributed by atoms with Crippen molar-refractivity contribution in [3.8, 4) is 0 Å². The van der Waals surface area contributed by atoms with Crippen molar-refractivity contribution in [3.05, 3.63) is 104 Å². The zero-order chi connectivity index (χ0) is 26.0. The van der Waals surface area contributed by atoms with Crippen molar-refractivity contribution < 1.29 is 9.53 Å². The molecule has 37 heavy (non-hydrogen) atoms. The number of piperidine rings is 1. The topological polar surface area (TPSA) is 32.8 Å². The molecule has 1 atom stereocenters. The van der Waals surface area contributed by atoms with E-state index in [0.29, 0.717) is 33.8 Å². The Labute approximate surface area is 234 Å². The van der Waals surface area contributed by atoms with E-state index in [1.807, 2.05) is 25.2 Å². The molecule has 2 aliphatic rings. The van der Waals surface area contributed by atoms with Gasteiger partial charge in [-0.25, -0.2) is 0 Å². The van der Waals surface area contributed by atoms with E-state index in [1.54, 1.807) is 29.2 Å². The number of hydrogen-bond donors (Lipinski definition) is 0. The Morgan fingerprint density at radius 3 is 2.54 bits per heavy atom. The highest BCUT2D eigenvalue weighted by Gasteiger charge is 2.42. The Hall–Kier alpha value is -2.08. The SMILES string of the molecule is CN(CC(CCN1CCC2(CC1)OCc1ccccc12)c1ccc(Cl)c(Cl)c1)C(=O)c1cccc(Cl)c1. The van der Waals surface area contributed by atoms with Crippen molar-refractivity contribution in [2.45, 2.75) is 37.4 Å². The second-order valence-corrected chi connectivity index (χ2v) is 11.4. The van der Waals surface area contributed by atoms with Crippen LogP contribution in [0.2, 0.25) is 15.1 Å². The van der Waals surface area contributed by atoms with Gasteiger partial charge in [0.05, 0.1) is 22.3 Å². The molecule has 1 fully saturated rings. The van der Waals surface area contributed by atoms with Gasteiger partial charge in [0, 0.05) is 43.2 Å². The van der Waals surface area contributed by atoms with Gasteiger partial charge in [0.1, 0.15) is 0 Å². The molecule has 3 aromatic rings. The fourth-order valence-corrected chi connectivity index (χ4v) is 6.16. The van der Waals surface area contributed by atoms with Gasteiger partial charge < -0.3 is 14.5 Å². The summed E-state index contributed by atoms with van der Waals surface area (Å²) in [4.78, 5) is 17.4. The van der Waals surface area contributed by atoms with Gasteiger partial charge in [0.25, 0.3) is 5.91 Å². The van der Waals surface area contributed by atoms with Gasteiger partial charge in [-0.3, -0.25) is 4.79 Å². The fourth-order valence-electron chi connectivity index (χ4n) is 5.66. The van der Waals surface area contributed by atoms with E-state index in [2.05, 4.69) is 29.2 Å². The molecule has 0 aliphatic carbocycles. The van der Waals surface area contributed by atoms with Crippen molar-refractivity contribution in [2.75, 3.05) is 33.2 Å². The predicted molar refractivity (Wildman–Crippen MR) is 151 cm³/mol. The quantitative estimate of drug-likeness (QED) is 0.303. The summed E-state index contributed by atoms with van der Waals surface area (Å²) < 4.78 is 6.34. The number of nitrogens with zero attached hydrogens (tertiary/aromatic N) is 2. The Balaban J connectivity index is 1.26. The maximum Gasteiger partial charge on any atom is 0.253 e. The zero-order valence-electron chi connectivity index (χ0n) is 20.9. The molecule has 1 amide bonds. The molecule has 1 unspecified atom stereocenters. The maximum absolute atomic E-state index is 13.1. The number of amides is 1. The number of carbonyl (C=O) groups is 1. The number of likely N-dealkylation sites (N-methyl/N-ethyl adjacent to an activating group) is 1. The van der Waals surface area contributed by atoms with Gasteiger partial charge in [-0.1, -0.05) is 71.2 Å². The van der Waals surface area contributed by atoms with Crippen molar-refractivity contribution in [1.29, 1.82) is 0 Å². The summed E-state index contributed by atoms with van der Waals surface area (Å²) in [5.41, 5.74) is 4.22. The second-order valence-electron chi connectivity index (χ2n) is 10.1. The van der Waals surface area contributed by atoms with Gasteiger partial charge >= 0.3 is 0 Å². The molecule has 1 spiro atoms. The monoisotopic (exact) mass is 556 g/mol. The molecular weight excluding hydrogens is 527 g/mol. The van der Waals surface area contributed by atoms with Crippen LogP contribution in [0.25, 0.3) is 0 Å². The molecule has 2 heterocycles. The van der Waals surface area contributed by atoms with Crippen LogP contribution in [0.5, 0.6) is 0 Å². The first-order valence-electron chi connectivity index (χ1n) is 12.8. The van der Waals surface area contributed by atoms with E-state index in [0.717, 1.165) is 44.5 Å². The zero-order valence-corrected chi connectivity index (χ0v) is 23.2. The van der Waals surface area contributed by atoms with E-state index in [-0.39, 0.29) is 17.4 Å². The summed E-state index contributed by atoms with van der Waals surface area (Å²) >= 11 is 18.7. The highest BCUT2D eigenvalue weighted by molar-refractivity contribution is 6.42. The number of hydrogen-bond acceptors (Lipinski definition) is 3. The summed E-state index contributed by atoms with van der Waals surface area (Å²) in [5.74, 6) is 0.0618. The number of rotatable bonds is 7. The molecule has 4 nitrogen and oxygen atoms in total. The highest BCUT2D eigenvalue weighted by atomic mass is 35.5. The molecule has 0 saturated carbocycles. The maximum atomic E-state index is 13.1. The van der Waals surface area contributed by atoms with Crippen LogP contribution < -0.4 is 0 Å². The smallest absolute Gasteiger partial charge is 0.253 e. The highest BCUT2D eigenvalue weighted by Crippen LogP contribution is 2.44. The van der Waals surface area contributed by atoms with E-state index in [4.69, 9.17) is 39.5 Å². The van der Waals surface area contributed by atoms with Crippen LogP contribution >= 0.6 is 34.8 Å². The van der Waals surface area contributed by atoms with Crippen LogP contribution in [0.15, 0.2) is 66.7 Å². The Kier molecular flexibility index (Phi) is 8.13. The van der Waals surface area contributed by atoms with Crippen LogP contribution in [-0.2, 0) is 16.9 Å². The van der Waals surface area contributed by atoms with Crippen LogP contribution in [0.1, 0.15) is 52.2 Å². The first-order valence-corrected chi connectivity index (χ1v) is 13.9. The normalized spacial score (nSPS) is 17.5. The van der Waals surface area contributed by atoms with Crippen molar-refractivity contribution in [1.82, 2.24) is 9.80 Å². The Morgan fingerprint density at radius 2 is 1.78 bits per heavy atom. The van der Waals surface area contributed by atoms with Gasteiger partial charge in [0.15, 0.2) is 0 Å². The third-order valence-electron chi connectivity index (χ3n) is 7.80. The molecule has 5 rings (SSSR count). The summed E-state index contributed by atoms with van der Waals surface area (Å²) in [6.07, 6.45) is 2.89. The molecule has 0 N–H and O–H groups in total. The molecule has 0 radical (unpaired) electrons. The minimum Gasteiger partial charge on any atom is -0.365 e. The standard InChI is InChI=1S/C30H31Cl3N2O2/c1-34(29(36)22-6-4-7-25(31)17-22)19-23(21-9-10-27(32)28(33)18-21)11-14-35-15-12-30(13-16-35)26-8-3-2-5-24(26)20-37-30/h2-10,17-18,23H,11-16,19-20H2,1H3. The summed E-state index contributed by atoms with van der Waals surface area (Å²) in [7, 11) is 1.84. The van der Waals surface area contributed by atoms with E-state index in [1.165, 1.54) is 11.1 Å². The third kappa shape index (κ3) is 5.84. The lowest BCUT2D eigenvalue weighted by Gasteiger charge is -2.40. The number of ether oxygens (including phenoxy) is 1. The van der Waals surface area contributed by atoms with Crippen LogP contribution in [0.3, 0.4) is 0 Å². The first-order chi connectivity index (χ1) is 17.8. The van der Waals surface area contributed by atoms with Gasteiger partial charge in [-0.2, -0.15) is 0 Å². The molecular formula is C30H31Cl3N2O2. The van der Waals surface area contributed by atoms with Crippen molar-refractivity contribution in [3.63, 3.8) is 0 Å². The lowest BCUT2D eigenvalue weighted by Crippen LogP contribution is -2.43. The first kappa shape index (κ1) is 26.5. The Bertz CT molecular complexity index is 1270. The van der Waals surface area contributed by atoms with Gasteiger partial charge in [0.2, 0.25) is 0 Å². The van der Waals surface area contributed by atoms with Crippen LogP contribution in [0, 0.1) is 0 Å². The van der Waals surface area contributed by atoms with Crippen LogP contribution in [-0.4, -0.2) is 48.9 Å². The van der Waals surface area contributed by atoms with E-state index in [9.17, 15) is 4.79 Å². The minimum absolute atomic E-state index is 0.0514. The summed E-state index contributed by atoms with van der Waals surface area (Å²) in [6, 6.07) is 21.5. The molecule has 7 heteroatoms. The molecule has 2 aliphatic heterocycles. The number of benzene rings is 3. The molecule has 0 aromatic heterocycles. The number of likely N-dealkylation sites (tertiary alicyclic amines) is 1. The second kappa shape index (κ2) is 11.3. The molecule has 194 valence electrons. The average molecular weight is 558 g/mol. The van der Waals surface area contributed by atoms with Crippen LogP contribution in [0.4, 0.5) is 0 Å². The number of halogens is 3. The average Bonchev–Trinajstić information content (AvgIpc) is 3.26. The van der Waals surface area contributed by atoms with Crippen molar-refractivity contribution >= 4 is 40.7 Å². The lowest BCUT2D eigenvalue weighted by atomic mass is 9.83. The lowest BCUT2D eigenvalue weighted by molar-refractivity contribution is -0.0790. The molecule has 3 aromatic carbocycles. The predicted octanol–water partition coefficient (Wildman–Crippen LogP) is 7.41. The van der Waals surface area contributed by atoms with E-state index < -0.39 is 0 Å². The van der Waals surface area contributed by atoms with Gasteiger partial charge in [-0.15, -0.1) is 0 Å². The van der Waals surface area contributed by atoms with E-state index >= 15 is 0 Å². The largest absolute Gasteiger partial charge is 0.365 e. The molecule has 0 bridgehead atoms. The van der Waals surface area contributed by atoms with Crippen molar-refractivity contribution in [2.24, 2.45) is 0 Å². The Morgan fingerprint density at radius 1 is 1.00 bits per heavy atom. The fraction of sp³-hybridized carbons (Fsp3) is 0.367. The summed E-state index contributed by atoms with van der Waals surface area (Å²) in [5, 5.41) is 1.62.